The van der Waals surface area contributed by atoms with Crippen LogP contribution in [0.15, 0.2) is 23.1 Å². The van der Waals surface area contributed by atoms with E-state index in [1.807, 2.05) is 0 Å². The monoisotopic (exact) mass is 284 g/mol. The van der Waals surface area contributed by atoms with E-state index < -0.39 is 15.8 Å². The van der Waals surface area contributed by atoms with Crippen LogP contribution >= 0.6 is 0 Å². The average molecular weight is 284 g/mol. The van der Waals surface area contributed by atoms with Gasteiger partial charge in [-0.1, -0.05) is 0 Å². The maximum atomic E-state index is 13.1. The van der Waals surface area contributed by atoms with E-state index in [-0.39, 0.29) is 22.7 Å². The van der Waals surface area contributed by atoms with Crippen molar-refractivity contribution in [2.45, 2.75) is 24.2 Å². The molecule has 0 amide bonds. The summed E-state index contributed by atoms with van der Waals surface area (Å²) < 4.78 is 41.2. The number of ether oxygens (including phenoxy) is 1. The van der Waals surface area contributed by atoms with E-state index in [1.54, 1.807) is 0 Å². The van der Waals surface area contributed by atoms with E-state index in [9.17, 15) is 12.8 Å². The predicted octanol–water partition coefficient (Wildman–Crippen LogP) is 1.55. The molecule has 1 saturated carbocycles. The summed E-state index contributed by atoms with van der Waals surface area (Å²) in [6.45, 7) is 0.231. The Labute approximate surface area is 110 Å². The molecule has 1 aliphatic carbocycles. The molecule has 1 aliphatic rings. The molecular formula is C12H13FN2O3S. The maximum Gasteiger partial charge on any atom is 0.241 e. The molecule has 0 radical (unpaired) electrons. The third-order valence-electron chi connectivity index (χ3n) is 3.16. The third-order valence-corrected chi connectivity index (χ3v) is 4.09. The molecule has 0 spiro atoms. The van der Waals surface area contributed by atoms with Crippen LogP contribution in [0.4, 0.5) is 4.39 Å². The summed E-state index contributed by atoms with van der Waals surface area (Å²) in [5.41, 5.74) is -0.196. The summed E-state index contributed by atoms with van der Waals surface area (Å²) in [7, 11) is -4.05. The molecule has 2 rings (SSSR count). The second-order valence-electron chi connectivity index (χ2n) is 4.76. The smallest absolute Gasteiger partial charge is 0.241 e. The first-order valence-electron chi connectivity index (χ1n) is 5.68. The highest BCUT2D eigenvalue weighted by Crippen LogP contribution is 2.48. The van der Waals surface area contributed by atoms with Crippen molar-refractivity contribution >= 4 is 10.0 Å². The lowest BCUT2D eigenvalue weighted by molar-refractivity contribution is 0.231. The van der Waals surface area contributed by atoms with Gasteiger partial charge in [0.2, 0.25) is 10.0 Å². The second-order valence-corrected chi connectivity index (χ2v) is 6.29. The normalized spacial score (nSPS) is 16.7. The van der Waals surface area contributed by atoms with Gasteiger partial charge in [-0.3, -0.25) is 0 Å². The number of halogens is 1. The Balaban J connectivity index is 2.20. The molecule has 0 aliphatic heterocycles. The number of hydrogen-bond donors (Lipinski definition) is 1. The van der Waals surface area contributed by atoms with Crippen molar-refractivity contribution in [3.05, 3.63) is 24.0 Å². The van der Waals surface area contributed by atoms with Crippen molar-refractivity contribution < 1.29 is 17.5 Å². The lowest BCUT2D eigenvalue weighted by atomic mass is 10.1. The van der Waals surface area contributed by atoms with Crippen molar-refractivity contribution in [3.63, 3.8) is 0 Å². The molecule has 1 aromatic carbocycles. The van der Waals surface area contributed by atoms with Crippen LogP contribution in [0, 0.1) is 22.6 Å². The van der Waals surface area contributed by atoms with Gasteiger partial charge in [0.25, 0.3) is 0 Å². The first-order valence-corrected chi connectivity index (χ1v) is 7.23. The highest BCUT2D eigenvalue weighted by atomic mass is 32.2. The zero-order valence-corrected chi connectivity index (χ0v) is 10.9. The van der Waals surface area contributed by atoms with Gasteiger partial charge in [0.1, 0.15) is 16.5 Å². The highest BCUT2D eigenvalue weighted by Gasteiger charge is 2.43. The van der Waals surface area contributed by atoms with E-state index in [0.29, 0.717) is 6.42 Å². The first-order chi connectivity index (χ1) is 8.86. The molecule has 1 aromatic rings. The molecule has 0 unspecified atom stereocenters. The van der Waals surface area contributed by atoms with Crippen molar-refractivity contribution in [1.82, 2.24) is 0 Å². The number of rotatable bonds is 5. The number of nitrogens with zero attached hydrogens (tertiary/aromatic N) is 1. The van der Waals surface area contributed by atoms with Crippen LogP contribution in [-0.2, 0) is 10.0 Å². The summed E-state index contributed by atoms with van der Waals surface area (Å²) in [5, 5.41) is 13.7. The Morgan fingerprint density at radius 1 is 1.47 bits per heavy atom. The Bertz CT molecular complexity index is 633. The Morgan fingerprint density at radius 2 is 2.16 bits per heavy atom. The van der Waals surface area contributed by atoms with Gasteiger partial charge in [-0.15, -0.1) is 0 Å². The average Bonchev–Trinajstić information content (AvgIpc) is 3.07. The maximum absolute atomic E-state index is 13.1. The lowest BCUT2D eigenvalue weighted by Gasteiger charge is -2.15. The number of hydrogen-bond acceptors (Lipinski definition) is 4. The largest absolute Gasteiger partial charge is 0.492 e. The molecule has 5 nitrogen and oxygen atoms in total. The molecule has 1 fully saturated rings. The van der Waals surface area contributed by atoms with Crippen molar-refractivity contribution in [2.24, 2.45) is 10.6 Å². The number of nitriles is 1. The SMILES string of the molecule is N#CCC1(COc2ccc(F)cc2S(N)(=O)=O)CC1. The topological polar surface area (TPSA) is 93.2 Å². The lowest BCUT2D eigenvalue weighted by Crippen LogP contribution is -2.17. The van der Waals surface area contributed by atoms with Crippen LogP contribution in [0.3, 0.4) is 0 Å². The van der Waals surface area contributed by atoms with Gasteiger partial charge >= 0.3 is 0 Å². The third kappa shape index (κ3) is 3.22. The number of nitrogens with two attached hydrogens (primary N) is 1. The van der Waals surface area contributed by atoms with Crippen molar-refractivity contribution in [3.8, 4) is 11.8 Å². The molecule has 7 heteroatoms. The van der Waals surface area contributed by atoms with Crippen LogP contribution in [0.25, 0.3) is 0 Å². The summed E-state index contributed by atoms with van der Waals surface area (Å²) in [4.78, 5) is -0.375. The molecule has 0 saturated heterocycles. The van der Waals surface area contributed by atoms with Gasteiger partial charge < -0.3 is 4.74 Å². The van der Waals surface area contributed by atoms with Gasteiger partial charge in [0.05, 0.1) is 12.7 Å². The van der Waals surface area contributed by atoms with Crippen LogP contribution in [0.5, 0.6) is 5.75 Å². The van der Waals surface area contributed by atoms with E-state index >= 15 is 0 Å². The minimum absolute atomic E-state index is 0.0214. The van der Waals surface area contributed by atoms with Gasteiger partial charge in [0.15, 0.2) is 0 Å². The van der Waals surface area contributed by atoms with E-state index in [4.69, 9.17) is 15.1 Å². The molecule has 0 bridgehead atoms. The second kappa shape index (κ2) is 4.79. The van der Waals surface area contributed by atoms with Gasteiger partial charge in [-0.05, 0) is 31.0 Å². The van der Waals surface area contributed by atoms with E-state index in [1.165, 1.54) is 6.07 Å². The number of sulfonamides is 1. The van der Waals surface area contributed by atoms with Crippen LogP contribution < -0.4 is 9.88 Å². The van der Waals surface area contributed by atoms with Crippen molar-refractivity contribution in [2.75, 3.05) is 6.61 Å². The fraction of sp³-hybridized carbons (Fsp3) is 0.417. The molecule has 2 N–H and O–H groups in total. The standard InChI is InChI=1S/C12H13FN2O3S/c13-9-1-2-10(11(7-9)19(15,16)17)18-8-12(3-4-12)5-6-14/h1-2,7H,3-5,8H2,(H2,15,16,17). The van der Waals surface area contributed by atoms with E-state index in [0.717, 1.165) is 25.0 Å². The van der Waals surface area contributed by atoms with Crippen LogP contribution in [0.1, 0.15) is 19.3 Å². The summed E-state index contributed by atoms with van der Waals surface area (Å²) in [6, 6.07) is 5.24. The summed E-state index contributed by atoms with van der Waals surface area (Å²) >= 11 is 0. The molecule has 19 heavy (non-hydrogen) atoms. The zero-order valence-electron chi connectivity index (χ0n) is 10.1. The quantitative estimate of drug-likeness (QED) is 0.887. The van der Waals surface area contributed by atoms with E-state index in [2.05, 4.69) is 6.07 Å². The van der Waals surface area contributed by atoms with Gasteiger partial charge in [-0.2, -0.15) is 5.26 Å². The Kier molecular flexibility index (Phi) is 3.47. The van der Waals surface area contributed by atoms with Crippen molar-refractivity contribution in [1.29, 1.82) is 5.26 Å². The minimum Gasteiger partial charge on any atom is -0.492 e. The molecule has 102 valence electrons. The Morgan fingerprint density at radius 3 is 2.68 bits per heavy atom. The highest BCUT2D eigenvalue weighted by molar-refractivity contribution is 7.89. The zero-order chi connectivity index (χ0) is 14.1. The fourth-order valence-electron chi connectivity index (χ4n) is 1.77. The van der Waals surface area contributed by atoms with Crippen LogP contribution in [0.2, 0.25) is 0 Å². The number of benzene rings is 1. The fourth-order valence-corrected chi connectivity index (χ4v) is 2.46. The predicted molar refractivity (Wildman–Crippen MR) is 65.2 cm³/mol. The molecular weight excluding hydrogens is 271 g/mol. The summed E-state index contributed by atoms with van der Waals surface area (Å²) in [5.74, 6) is -0.678. The first kappa shape index (κ1) is 13.8. The molecule has 0 atom stereocenters. The minimum atomic E-state index is -4.05. The van der Waals surface area contributed by atoms with Gasteiger partial charge in [0, 0.05) is 11.8 Å². The molecule has 0 aromatic heterocycles. The summed E-state index contributed by atoms with van der Waals surface area (Å²) in [6.07, 6.45) is 2.10. The number of primary sulfonamides is 1. The van der Waals surface area contributed by atoms with Gasteiger partial charge in [-0.25, -0.2) is 17.9 Å². The molecule has 0 heterocycles. The van der Waals surface area contributed by atoms with Crippen LogP contribution in [-0.4, -0.2) is 15.0 Å². The Hall–Kier alpha value is -1.65.